The number of halogens is 1. The van der Waals surface area contributed by atoms with Crippen LogP contribution in [0, 0.1) is 23.6 Å². The van der Waals surface area contributed by atoms with Gasteiger partial charge >= 0.3 is 0 Å². The molecule has 1 amide bonds. The van der Waals surface area contributed by atoms with Crippen molar-refractivity contribution >= 4 is 23.4 Å². The van der Waals surface area contributed by atoms with Crippen molar-refractivity contribution in [3.05, 3.63) is 61.1 Å². The molecule has 1 aliphatic carbocycles. The Morgan fingerprint density at radius 2 is 2.28 bits per heavy atom. The molecule has 2 aromatic rings. The Labute approximate surface area is 167 Å². The lowest BCUT2D eigenvalue weighted by Gasteiger charge is -2.25. The second kappa shape index (κ2) is 7.90. The minimum Gasteiger partial charge on any atom is -0.489 e. The summed E-state index contributed by atoms with van der Waals surface area (Å²) in [6, 6.07) is 6.91. The van der Waals surface area contributed by atoms with Crippen molar-refractivity contribution < 1.29 is 13.9 Å². The first-order valence-electron chi connectivity index (χ1n) is 9.42. The quantitative estimate of drug-likeness (QED) is 0.676. The van der Waals surface area contributed by atoms with Gasteiger partial charge in [0, 0.05) is 17.8 Å². The fraction of sp³-hybridized carbons (Fsp3) is 0.286. The Kier molecular flexibility index (Phi) is 5.16. The third-order valence-electron chi connectivity index (χ3n) is 5.35. The van der Waals surface area contributed by atoms with Crippen LogP contribution in [0.4, 0.5) is 21.8 Å². The van der Waals surface area contributed by atoms with Crippen LogP contribution in [0.15, 0.2) is 55.3 Å². The van der Waals surface area contributed by atoms with Gasteiger partial charge in [0.25, 0.3) is 0 Å². The summed E-state index contributed by atoms with van der Waals surface area (Å²) in [6.07, 6.45) is 7.37. The standard InChI is InChI=1S/C21H22FN5O2/c1-2-12-9-13-5-4-8-29-15-7-3-6-14(10-15)25-21-24-11-16(22)20(27-21)26-18(13)17(12)19(23)28/h2-7,10-13,17-18H,1,8-9H2,(H2,23,28)(H2,24,25,26,27)/b5-4+/t12?,13?,17-,18+/m0/s1. The van der Waals surface area contributed by atoms with Crippen molar-refractivity contribution in [1.29, 1.82) is 0 Å². The van der Waals surface area contributed by atoms with E-state index in [-0.39, 0.29) is 23.6 Å². The Morgan fingerprint density at radius 1 is 1.41 bits per heavy atom. The Hall–Kier alpha value is -3.42. The molecule has 0 radical (unpaired) electrons. The average molecular weight is 395 g/mol. The fourth-order valence-corrected chi connectivity index (χ4v) is 4.02. The lowest BCUT2D eigenvalue weighted by atomic mass is 9.92. The second-order valence-electron chi connectivity index (χ2n) is 7.18. The topological polar surface area (TPSA) is 102 Å². The maximum atomic E-state index is 14.5. The molecule has 0 spiro atoms. The summed E-state index contributed by atoms with van der Waals surface area (Å²) in [5.41, 5.74) is 6.38. The molecule has 150 valence electrons. The molecule has 4 atom stereocenters. The molecular formula is C21H22FN5O2. The minimum atomic E-state index is -0.604. The van der Waals surface area contributed by atoms with E-state index in [4.69, 9.17) is 10.5 Å². The number of rotatable bonds is 2. The van der Waals surface area contributed by atoms with Crippen molar-refractivity contribution in [2.45, 2.75) is 12.5 Å². The maximum Gasteiger partial charge on any atom is 0.229 e. The molecule has 2 unspecified atom stereocenters. The van der Waals surface area contributed by atoms with Crippen LogP contribution in [0.5, 0.6) is 5.75 Å². The van der Waals surface area contributed by atoms with E-state index in [9.17, 15) is 9.18 Å². The SMILES string of the molecule is C=CC1CC2/C=C/COc3cccc(c3)Nc3ncc(F)c(n3)N[C@H]2[C@H]1C(N)=O. The number of carbonyl (C=O) groups is 1. The number of nitrogens with two attached hydrogens (primary N) is 1. The fourth-order valence-electron chi connectivity index (χ4n) is 4.02. The number of anilines is 3. The molecule has 7 nitrogen and oxygen atoms in total. The number of primary amides is 1. The van der Waals surface area contributed by atoms with E-state index in [2.05, 4.69) is 27.2 Å². The first kappa shape index (κ1) is 18.9. The molecular weight excluding hydrogens is 373 g/mol. The van der Waals surface area contributed by atoms with Crippen molar-refractivity contribution in [3.8, 4) is 5.75 Å². The average Bonchev–Trinajstić information content (AvgIpc) is 3.05. The van der Waals surface area contributed by atoms with Gasteiger partial charge in [-0.2, -0.15) is 4.98 Å². The van der Waals surface area contributed by atoms with E-state index in [1.54, 1.807) is 6.08 Å². The highest BCUT2D eigenvalue weighted by atomic mass is 19.1. The van der Waals surface area contributed by atoms with E-state index in [1.165, 1.54) is 0 Å². The van der Waals surface area contributed by atoms with E-state index < -0.39 is 23.7 Å². The third-order valence-corrected chi connectivity index (χ3v) is 5.35. The normalized spacial score (nSPS) is 26.7. The number of hydrogen-bond acceptors (Lipinski definition) is 6. The van der Waals surface area contributed by atoms with Crippen LogP contribution >= 0.6 is 0 Å². The minimum absolute atomic E-state index is 0.0197. The monoisotopic (exact) mass is 395 g/mol. The molecule has 4 bridgehead atoms. The molecule has 4 N–H and O–H groups in total. The number of hydrogen-bond donors (Lipinski definition) is 3. The van der Waals surface area contributed by atoms with Crippen molar-refractivity contribution in [3.63, 3.8) is 0 Å². The van der Waals surface area contributed by atoms with Gasteiger partial charge in [-0.15, -0.1) is 6.58 Å². The van der Waals surface area contributed by atoms with Crippen LogP contribution in [-0.4, -0.2) is 28.5 Å². The molecule has 29 heavy (non-hydrogen) atoms. The number of nitrogens with one attached hydrogen (secondary N) is 2. The van der Waals surface area contributed by atoms with Crippen LogP contribution in [-0.2, 0) is 4.79 Å². The van der Waals surface area contributed by atoms with Crippen molar-refractivity contribution in [2.75, 3.05) is 17.2 Å². The first-order chi connectivity index (χ1) is 14.0. The Bertz CT molecular complexity index is 964. The summed E-state index contributed by atoms with van der Waals surface area (Å²) < 4.78 is 20.2. The lowest BCUT2D eigenvalue weighted by Crippen LogP contribution is -2.40. The number of allylic oxidation sites excluding steroid dienone is 1. The number of benzene rings is 1. The summed E-state index contributed by atoms with van der Waals surface area (Å²) >= 11 is 0. The van der Waals surface area contributed by atoms with Crippen LogP contribution in [0.3, 0.4) is 0 Å². The van der Waals surface area contributed by atoms with E-state index >= 15 is 0 Å². The van der Waals surface area contributed by atoms with Crippen LogP contribution in [0.25, 0.3) is 0 Å². The third kappa shape index (κ3) is 3.91. The molecule has 2 heterocycles. The number of ether oxygens (including phenoxy) is 1. The zero-order valence-electron chi connectivity index (χ0n) is 15.7. The van der Waals surface area contributed by atoms with Gasteiger partial charge in [-0.05, 0) is 30.4 Å². The highest BCUT2D eigenvalue weighted by Crippen LogP contribution is 2.40. The molecule has 1 fully saturated rings. The molecule has 1 aromatic carbocycles. The molecule has 2 aliphatic rings. The Morgan fingerprint density at radius 3 is 3.07 bits per heavy atom. The van der Waals surface area contributed by atoms with Crippen LogP contribution in [0.2, 0.25) is 0 Å². The number of nitrogens with zero attached hydrogens (tertiary/aromatic N) is 2. The highest BCUT2D eigenvalue weighted by molar-refractivity contribution is 5.79. The molecule has 8 heteroatoms. The summed E-state index contributed by atoms with van der Waals surface area (Å²) in [5, 5.41) is 6.14. The van der Waals surface area contributed by atoms with Crippen molar-refractivity contribution in [1.82, 2.24) is 9.97 Å². The Balaban J connectivity index is 1.76. The summed E-state index contributed by atoms with van der Waals surface area (Å²) in [5.74, 6) is -0.854. The van der Waals surface area contributed by atoms with E-state index in [0.717, 1.165) is 6.20 Å². The van der Waals surface area contributed by atoms with Crippen LogP contribution < -0.4 is 21.1 Å². The number of aromatic nitrogens is 2. The maximum absolute atomic E-state index is 14.5. The highest BCUT2D eigenvalue weighted by Gasteiger charge is 2.44. The number of fused-ring (bicyclic) bond motifs is 5. The van der Waals surface area contributed by atoms with E-state index in [1.807, 2.05) is 36.4 Å². The molecule has 0 saturated heterocycles. The molecule has 1 aliphatic heterocycles. The van der Waals surface area contributed by atoms with Gasteiger partial charge in [0.2, 0.25) is 11.9 Å². The summed E-state index contributed by atoms with van der Waals surface area (Å²) in [6.45, 7) is 4.20. The van der Waals surface area contributed by atoms with Gasteiger partial charge in [-0.25, -0.2) is 9.37 Å². The zero-order chi connectivity index (χ0) is 20.4. The summed E-state index contributed by atoms with van der Waals surface area (Å²) in [7, 11) is 0. The van der Waals surface area contributed by atoms with E-state index in [0.29, 0.717) is 24.5 Å². The molecule has 1 saturated carbocycles. The van der Waals surface area contributed by atoms with Gasteiger partial charge < -0.3 is 21.1 Å². The largest absolute Gasteiger partial charge is 0.489 e. The first-order valence-corrected chi connectivity index (χ1v) is 9.42. The molecule has 4 rings (SSSR count). The predicted octanol–water partition coefficient (Wildman–Crippen LogP) is 3.01. The smallest absolute Gasteiger partial charge is 0.229 e. The number of amides is 1. The zero-order valence-corrected chi connectivity index (χ0v) is 15.7. The summed E-state index contributed by atoms with van der Waals surface area (Å²) in [4.78, 5) is 20.4. The van der Waals surface area contributed by atoms with Crippen LogP contribution in [0.1, 0.15) is 6.42 Å². The van der Waals surface area contributed by atoms with Gasteiger partial charge in [-0.3, -0.25) is 4.79 Å². The van der Waals surface area contributed by atoms with Crippen molar-refractivity contribution in [2.24, 2.45) is 23.5 Å². The number of carbonyl (C=O) groups excluding carboxylic acids is 1. The predicted molar refractivity (Wildman–Crippen MR) is 108 cm³/mol. The van der Waals surface area contributed by atoms with Gasteiger partial charge in [0.1, 0.15) is 12.4 Å². The van der Waals surface area contributed by atoms with Gasteiger partial charge in [-0.1, -0.05) is 24.3 Å². The molecule has 1 aromatic heterocycles. The second-order valence-corrected chi connectivity index (χ2v) is 7.18. The lowest BCUT2D eigenvalue weighted by molar-refractivity contribution is -0.122. The van der Waals surface area contributed by atoms with Gasteiger partial charge in [0.15, 0.2) is 11.6 Å². The van der Waals surface area contributed by atoms with Gasteiger partial charge in [0.05, 0.1) is 12.1 Å².